The summed E-state index contributed by atoms with van der Waals surface area (Å²) in [6.07, 6.45) is 17.6. The van der Waals surface area contributed by atoms with Crippen molar-refractivity contribution in [3.63, 3.8) is 0 Å². The first-order chi connectivity index (χ1) is 10.8. The van der Waals surface area contributed by atoms with Gasteiger partial charge in [0.25, 0.3) is 0 Å². The molecule has 0 aliphatic carbocycles. The van der Waals surface area contributed by atoms with Gasteiger partial charge in [0.2, 0.25) is 12.0 Å². The summed E-state index contributed by atoms with van der Waals surface area (Å²) in [4.78, 5) is 24.2. The summed E-state index contributed by atoms with van der Waals surface area (Å²) >= 11 is 0. The molecule has 0 atom stereocenters. The summed E-state index contributed by atoms with van der Waals surface area (Å²) < 4.78 is 0. The van der Waals surface area contributed by atoms with E-state index in [1.165, 1.54) is 64.2 Å². The number of hydrogen-bond acceptors (Lipinski definition) is 4. The first-order valence-electron chi connectivity index (χ1n) is 8.78. The molecule has 0 unspecified atom stereocenters. The predicted octanol–water partition coefficient (Wildman–Crippen LogP) is 4.29. The lowest BCUT2D eigenvalue weighted by Crippen LogP contribution is -2.17. The zero-order chi connectivity index (χ0) is 16.3. The average Bonchev–Trinajstić information content (AvgIpc) is 2.54. The predicted molar refractivity (Wildman–Crippen MR) is 87.6 cm³/mol. The second-order valence-electron chi connectivity index (χ2n) is 5.85. The highest BCUT2D eigenvalue weighted by Crippen LogP contribution is 2.12. The molecule has 0 spiro atoms. The normalized spacial score (nSPS) is 10.2. The standard InChI is InChI=1S/C17H32N2O3/c20-16-18-15-13-11-9-7-5-3-1-2-4-6-8-10-12-14-17(21)19-22/h22H,1-15H2,(H,19,21). The van der Waals surface area contributed by atoms with Crippen LogP contribution in [0.15, 0.2) is 4.99 Å². The third-order valence-electron chi connectivity index (χ3n) is 3.86. The maximum Gasteiger partial charge on any atom is 0.243 e. The Morgan fingerprint density at radius 2 is 1.18 bits per heavy atom. The SMILES string of the molecule is O=C=NCCCCCCCCCCCCCCCC(=O)NO. The minimum atomic E-state index is -0.281. The van der Waals surface area contributed by atoms with Crippen LogP contribution in [0, 0.1) is 0 Å². The van der Waals surface area contributed by atoms with Gasteiger partial charge in [-0.2, -0.15) is 0 Å². The average molecular weight is 312 g/mol. The number of aliphatic imine (C=N–C) groups is 1. The summed E-state index contributed by atoms with van der Waals surface area (Å²) in [6.45, 7) is 0.633. The number of isocyanates is 1. The molecule has 0 aliphatic rings. The Bertz CT molecular complexity index is 302. The van der Waals surface area contributed by atoms with Gasteiger partial charge >= 0.3 is 0 Å². The van der Waals surface area contributed by atoms with E-state index in [-0.39, 0.29) is 5.91 Å². The van der Waals surface area contributed by atoms with Crippen LogP contribution >= 0.6 is 0 Å². The van der Waals surface area contributed by atoms with Crippen LogP contribution in [0.1, 0.15) is 89.9 Å². The Morgan fingerprint density at radius 3 is 1.59 bits per heavy atom. The number of rotatable bonds is 16. The molecule has 1 amide bonds. The van der Waals surface area contributed by atoms with E-state index in [0.29, 0.717) is 13.0 Å². The van der Waals surface area contributed by atoms with Crippen LogP contribution in [0.25, 0.3) is 0 Å². The molecule has 0 bridgehead atoms. The Hall–Kier alpha value is -1.19. The molecule has 0 saturated carbocycles. The number of nitrogens with zero attached hydrogens (tertiary/aromatic N) is 1. The van der Waals surface area contributed by atoms with E-state index >= 15 is 0 Å². The van der Waals surface area contributed by atoms with Crippen LogP contribution in [-0.4, -0.2) is 23.7 Å². The first-order valence-corrected chi connectivity index (χ1v) is 8.78. The highest BCUT2D eigenvalue weighted by atomic mass is 16.5. The van der Waals surface area contributed by atoms with Crippen LogP contribution < -0.4 is 5.48 Å². The largest absolute Gasteiger partial charge is 0.289 e. The quantitative estimate of drug-likeness (QED) is 0.147. The van der Waals surface area contributed by atoms with Crippen molar-refractivity contribution in [1.29, 1.82) is 0 Å². The van der Waals surface area contributed by atoms with Gasteiger partial charge in [0.05, 0.1) is 6.54 Å². The summed E-state index contributed by atoms with van der Waals surface area (Å²) in [7, 11) is 0. The Morgan fingerprint density at radius 1 is 0.773 bits per heavy atom. The molecular formula is C17H32N2O3. The molecule has 0 aliphatic heterocycles. The number of nitrogens with one attached hydrogen (secondary N) is 1. The van der Waals surface area contributed by atoms with Crippen molar-refractivity contribution >= 4 is 12.0 Å². The van der Waals surface area contributed by atoms with Gasteiger partial charge in [-0.1, -0.05) is 70.6 Å². The Balaban J connectivity index is 3.02. The van der Waals surface area contributed by atoms with Crippen LogP contribution in [-0.2, 0) is 9.59 Å². The van der Waals surface area contributed by atoms with Crippen molar-refractivity contribution in [3.8, 4) is 0 Å². The lowest BCUT2D eigenvalue weighted by atomic mass is 10.0. The monoisotopic (exact) mass is 312 g/mol. The van der Waals surface area contributed by atoms with Gasteiger partial charge in [-0.15, -0.1) is 0 Å². The number of unbranched alkanes of at least 4 members (excludes halogenated alkanes) is 12. The van der Waals surface area contributed by atoms with Gasteiger partial charge in [-0.3, -0.25) is 10.0 Å². The number of hydrogen-bond donors (Lipinski definition) is 2. The fraction of sp³-hybridized carbons (Fsp3) is 0.882. The molecule has 0 saturated heterocycles. The van der Waals surface area contributed by atoms with Gasteiger partial charge in [0.1, 0.15) is 0 Å². The topological polar surface area (TPSA) is 78.8 Å². The summed E-state index contributed by atoms with van der Waals surface area (Å²) in [5, 5.41) is 8.34. The minimum Gasteiger partial charge on any atom is -0.289 e. The molecule has 0 radical (unpaired) electrons. The van der Waals surface area contributed by atoms with Crippen molar-refractivity contribution in [3.05, 3.63) is 0 Å². The minimum absolute atomic E-state index is 0.281. The van der Waals surface area contributed by atoms with Crippen molar-refractivity contribution in [2.24, 2.45) is 4.99 Å². The summed E-state index contributed by atoms with van der Waals surface area (Å²) in [5.74, 6) is -0.281. The number of hydroxylamine groups is 1. The Labute approximate surface area is 134 Å². The molecule has 0 rings (SSSR count). The van der Waals surface area contributed by atoms with Crippen molar-refractivity contribution in [2.75, 3.05) is 6.54 Å². The zero-order valence-electron chi connectivity index (χ0n) is 13.8. The van der Waals surface area contributed by atoms with E-state index in [1.807, 2.05) is 0 Å². The molecule has 5 nitrogen and oxygen atoms in total. The third-order valence-corrected chi connectivity index (χ3v) is 3.86. The lowest BCUT2D eigenvalue weighted by molar-refractivity contribution is -0.129. The molecule has 22 heavy (non-hydrogen) atoms. The van der Waals surface area contributed by atoms with Gasteiger partial charge in [-0.25, -0.2) is 15.3 Å². The van der Waals surface area contributed by atoms with Crippen molar-refractivity contribution in [2.45, 2.75) is 89.9 Å². The fourth-order valence-electron chi connectivity index (χ4n) is 2.52. The fourth-order valence-corrected chi connectivity index (χ4v) is 2.52. The van der Waals surface area contributed by atoms with Crippen LogP contribution in [0.4, 0.5) is 0 Å². The molecule has 0 aromatic rings. The van der Waals surface area contributed by atoms with Gasteiger partial charge < -0.3 is 0 Å². The first kappa shape index (κ1) is 20.8. The number of amides is 1. The second kappa shape index (κ2) is 17.9. The zero-order valence-corrected chi connectivity index (χ0v) is 13.8. The van der Waals surface area contributed by atoms with Gasteiger partial charge in [-0.05, 0) is 12.8 Å². The van der Waals surface area contributed by atoms with E-state index in [1.54, 1.807) is 11.6 Å². The van der Waals surface area contributed by atoms with Crippen molar-refractivity contribution < 1.29 is 14.8 Å². The van der Waals surface area contributed by atoms with Crippen LogP contribution in [0.5, 0.6) is 0 Å². The molecule has 5 heteroatoms. The lowest BCUT2D eigenvalue weighted by Gasteiger charge is -2.03. The second-order valence-corrected chi connectivity index (χ2v) is 5.85. The smallest absolute Gasteiger partial charge is 0.243 e. The maximum atomic E-state index is 10.8. The molecule has 0 fully saturated rings. The molecular weight excluding hydrogens is 280 g/mol. The van der Waals surface area contributed by atoms with E-state index in [9.17, 15) is 9.59 Å². The molecule has 0 aromatic heterocycles. The van der Waals surface area contributed by atoms with Crippen molar-refractivity contribution in [1.82, 2.24) is 5.48 Å². The van der Waals surface area contributed by atoms with Crippen LogP contribution in [0.3, 0.4) is 0 Å². The van der Waals surface area contributed by atoms with Crippen LogP contribution in [0.2, 0.25) is 0 Å². The molecule has 0 heterocycles. The van der Waals surface area contributed by atoms with E-state index in [2.05, 4.69) is 4.99 Å². The molecule has 0 aromatic carbocycles. The number of carbonyl (C=O) groups is 1. The summed E-state index contributed by atoms with van der Waals surface area (Å²) in [6, 6.07) is 0. The Kier molecular flexibility index (Phi) is 16.9. The summed E-state index contributed by atoms with van der Waals surface area (Å²) in [5.41, 5.74) is 1.66. The highest BCUT2D eigenvalue weighted by Gasteiger charge is 1.98. The van der Waals surface area contributed by atoms with Gasteiger partial charge in [0.15, 0.2) is 0 Å². The highest BCUT2D eigenvalue weighted by molar-refractivity contribution is 5.74. The molecule has 2 N–H and O–H groups in total. The van der Waals surface area contributed by atoms with E-state index < -0.39 is 0 Å². The van der Waals surface area contributed by atoms with E-state index in [4.69, 9.17) is 5.21 Å². The maximum absolute atomic E-state index is 10.8. The van der Waals surface area contributed by atoms with Gasteiger partial charge in [0, 0.05) is 6.42 Å². The molecule has 128 valence electrons. The third kappa shape index (κ3) is 16.9. The number of carbonyl (C=O) groups excluding carboxylic acids is 2. The van der Waals surface area contributed by atoms with E-state index in [0.717, 1.165) is 19.3 Å².